The zero-order valence-corrected chi connectivity index (χ0v) is 16.0. The lowest BCUT2D eigenvalue weighted by atomic mass is 10.1. The van der Waals surface area contributed by atoms with E-state index < -0.39 is 0 Å². The van der Waals surface area contributed by atoms with Gasteiger partial charge in [-0.2, -0.15) is 4.98 Å². The topological polar surface area (TPSA) is 69.9 Å². The Morgan fingerprint density at radius 3 is 2.68 bits per heavy atom. The highest BCUT2D eigenvalue weighted by molar-refractivity contribution is 5.44. The Bertz CT molecular complexity index is 913. The Morgan fingerprint density at radius 1 is 1.07 bits per heavy atom. The normalized spacial score (nSPS) is 14.1. The number of ether oxygens (including phenoxy) is 3. The van der Waals surface area contributed by atoms with Crippen LogP contribution in [0, 0.1) is 0 Å². The molecule has 1 aliphatic heterocycles. The Balaban J connectivity index is 1.35. The molecule has 7 nitrogen and oxygen atoms in total. The smallest absolute Gasteiger partial charge is 0.240 e. The Hall–Kier alpha value is -3.06. The highest BCUT2D eigenvalue weighted by Crippen LogP contribution is 2.34. The van der Waals surface area contributed by atoms with Gasteiger partial charge in [0.2, 0.25) is 11.7 Å². The summed E-state index contributed by atoms with van der Waals surface area (Å²) in [6.07, 6.45) is 0. The second-order valence-electron chi connectivity index (χ2n) is 6.70. The molecule has 4 rings (SSSR count). The molecule has 2 heterocycles. The van der Waals surface area contributed by atoms with Crippen LogP contribution in [0.4, 0.5) is 0 Å². The summed E-state index contributed by atoms with van der Waals surface area (Å²) in [6, 6.07) is 15.8. The Morgan fingerprint density at radius 2 is 1.86 bits per heavy atom. The number of benzene rings is 2. The van der Waals surface area contributed by atoms with Crippen molar-refractivity contribution >= 4 is 0 Å². The molecule has 0 spiro atoms. The SMILES string of the molecule is CC(c1ccc2c(c1)OCCO2)N(C)Cc1nc(COc2ccccc2)no1. The standard InChI is InChI=1S/C21H23N3O4/c1-15(16-8-9-18-19(12-16)26-11-10-25-18)24(2)13-21-22-20(23-28-21)14-27-17-6-4-3-5-7-17/h3-9,12,15H,10-11,13-14H2,1-2H3. The molecule has 0 saturated heterocycles. The van der Waals surface area contributed by atoms with Gasteiger partial charge >= 0.3 is 0 Å². The molecule has 0 N–H and O–H groups in total. The van der Waals surface area contributed by atoms with E-state index in [2.05, 4.69) is 28.0 Å². The number of rotatable bonds is 7. The fourth-order valence-corrected chi connectivity index (χ4v) is 3.00. The largest absolute Gasteiger partial charge is 0.486 e. The fraction of sp³-hybridized carbons (Fsp3) is 0.333. The first-order valence-electron chi connectivity index (χ1n) is 9.28. The summed E-state index contributed by atoms with van der Waals surface area (Å²) in [4.78, 5) is 6.56. The highest BCUT2D eigenvalue weighted by Gasteiger charge is 2.19. The molecule has 0 saturated carbocycles. The summed E-state index contributed by atoms with van der Waals surface area (Å²) in [5.74, 6) is 3.45. The van der Waals surface area contributed by atoms with E-state index in [0.717, 1.165) is 22.8 Å². The van der Waals surface area contributed by atoms with E-state index in [4.69, 9.17) is 18.7 Å². The summed E-state index contributed by atoms with van der Waals surface area (Å²) in [5, 5.41) is 4.00. The second-order valence-corrected chi connectivity index (χ2v) is 6.70. The molecule has 0 bridgehead atoms. The van der Waals surface area contributed by atoms with Gasteiger partial charge in [0.25, 0.3) is 0 Å². The van der Waals surface area contributed by atoms with E-state index in [0.29, 0.717) is 31.5 Å². The van der Waals surface area contributed by atoms with Crippen LogP contribution in [0.3, 0.4) is 0 Å². The quantitative estimate of drug-likeness (QED) is 0.619. The van der Waals surface area contributed by atoms with Gasteiger partial charge in [-0.3, -0.25) is 4.90 Å². The highest BCUT2D eigenvalue weighted by atomic mass is 16.6. The maximum atomic E-state index is 5.68. The number of para-hydroxylation sites is 1. The van der Waals surface area contributed by atoms with Crippen LogP contribution in [-0.2, 0) is 13.2 Å². The van der Waals surface area contributed by atoms with Crippen molar-refractivity contribution in [1.29, 1.82) is 0 Å². The molecule has 3 aromatic rings. The van der Waals surface area contributed by atoms with Crippen LogP contribution in [0.1, 0.15) is 30.2 Å². The summed E-state index contributed by atoms with van der Waals surface area (Å²) in [6.45, 7) is 4.11. The molecule has 0 radical (unpaired) electrons. The molecule has 1 aromatic heterocycles. The van der Waals surface area contributed by atoms with Crippen molar-refractivity contribution in [2.24, 2.45) is 0 Å². The predicted molar refractivity (Wildman–Crippen MR) is 102 cm³/mol. The van der Waals surface area contributed by atoms with Crippen LogP contribution in [-0.4, -0.2) is 35.3 Å². The minimum atomic E-state index is 0.145. The Kier molecular flexibility index (Phi) is 5.43. The summed E-state index contributed by atoms with van der Waals surface area (Å²) >= 11 is 0. The number of hydrogen-bond donors (Lipinski definition) is 0. The van der Waals surface area contributed by atoms with Gasteiger partial charge in [0.15, 0.2) is 18.1 Å². The maximum Gasteiger partial charge on any atom is 0.240 e. The molecule has 0 amide bonds. The zero-order chi connectivity index (χ0) is 19.3. The van der Waals surface area contributed by atoms with E-state index in [1.165, 1.54) is 0 Å². The van der Waals surface area contributed by atoms with Crippen molar-refractivity contribution in [1.82, 2.24) is 15.0 Å². The molecule has 1 atom stereocenters. The maximum absolute atomic E-state index is 5.68. The third-order valence-electron chi connectivity index (χ3n) is 4.72. The third kappa shape index (κ3) is 4.26. The molecule has 1 aliphatic rings. The van der Waals surface area contributed by atoms with Gasteiger partial charge in [-0.05, 0) is 43.8 Å². The molecule has 146 valence electrons. The van der Waals surface area contributed by atoms with Crippen LogP contribution >= 0.6 is 0 Å². The third-order valence-corrected chi connectivity index (χ3v) is 4.72. The van der Waals surface area contributed by atoms with Crippen molar-refractivity contribution in [2.45, 2.75) is 26.1 Å². The summed E-state index contributed by atoms with van der Waals surface area (Å²) < 4.78 is 22.3. The molecular weight excluding hydrogens is 358 g/mol. The number of nitrogens with zero attached hydrogens (tertiary/aromatic N) is 3. The van der Waals surface area contributed by atoms with Crippen LogP contribution in [0.2, 0.25) is 0 Å². The average molecular weight is 381 g/mol. The minimum absolute atomic E-state index is 0.145. The fourth-order valence-electron chi connectivity index (χ4n) is 3.00. The van der Waals surface area contributed by atoms with Gasteiger partial charge in [0, 0.05) is 6.04 Å². The van der Waals surface area contributed by atoms with E-state index in [-0.39, 0.29) is 12.6 Å². The van der Waals surface area contributed by atoms with Crippen molar-refractivity contribution in [3.8, 4) is 17.2 Å². The van der Waals surface area contributed by atoms with Crippen LogP contribution < -0.4 is 14.2 Å². The minimum Gasteiger partial charge on any atom is -0.486 e. The lowest BCUT2D eigenvalue weighted by Gasteiger charge is -2.25. The van der Waals surface area contributed by atoms with Crippen LogP contribution in [0.15, 0.2) is 53.1 Å². The number of aromatic nitrogens is 2. The Labute approximate surface area is 163 Å². The summed E-state index contributed by atoms with van der Waals surface area (Å²) in [5.41, 5.74) is 1.14. The molecule has 7 heteroatoms. The lowest BCUT2D eigenvalue weighted by molar-refractivity contribution is 0.170. The van der Waals surface area contributed by atoms with Crippen molar-refractivity contribution < 1.29 is 18.7 Å². The first-order valence-corrected chi connectivity index (χ1v) is 9.28. The van der Waals surface area contributed by atoms with Gasteiger partial charge in [-0.25, -0.2) is 0 Å². The predicted octanol–water partition coefficient (Wildman–Crippen LogP) is 3.61. The monoisotopic (exact) mass is 381 g/mol. The average Bonchev–Trinajstić information content (AvgIpc) is 3.19. The molecular formula is C21H23N3O4. The van der Waals surface area contributed by atoms with Gasteiger partial charge in [0.05, 0.1) is 6.54 Å². The van der Waals surface area contributed by atoms with Gasteiger partial charge in [0.1, 0.15) is 19.0 Å². The molecule has 0 aliphatic carbocycles. The molecule has 28 heavy (non-hydrogen) atoms. The first kappa shape index (κ1) is 18.3. The van der Waals surface area contributed by atoms with E-state index in [9.17, 15) is 0 Å². The second kappa shape index (κ2) is 8.31. The van der Waals surface area contributed by atoms with E-state index in [1.54, 1.807) is 0 Å². The van der Waals surface area contributed by atoms with Crippen molar-refractivity contribution in [2.75, 3.05) is 20.3 Å². The number of fused-ring (bicyclic) bond motifs is 1. The van der Waals surface area contributed by atoms with Crippen LogP contribution in [0.25, 0.3) is 0 Å². The van der Waals surface area contributed by atoms with Crippen LogP contribution in [0.5, 0.6) is 17.2 Å². The summed E-state index contributed by atoms with van der Waals surface area (Å²) in [7, 11) is 2.02. The van der Waals surface area contributed by atoms with Gasteiger partial charge in [-0.15, -0.1) is 0 Å². The van der Waals surface area contributed by atoms with Gasteiger partial charge in [-0.1, -0.05) is 29.4 Å². The van der Waals surface area contributed by atoms with E-state index in [1.807, 2.05) is 49.5 Å². The lowest BCUT2D eigenvalue weighted by Crippen LogP contribution is -2.22. The zero-order valence-electron chi connectivity index (χ0n) is 16.0. The molecule has 2 aromatic carbocycles. The molecule has 0 fully saturated rings. The molecule has 1 unspecified atom stereocenters. The van der Waals surface area contributed by atoms with Crippen molar-refractivity contribution in [3.63, 3.8) is 0 Å². The number of hydrogen-bond acceptors (Lipinski definition) is 7. The van der Waals surface area contributed by atoms with Crippen molar-refractivity contribution in [3.05, 3.63) is 65.8 Å². The first-order chi connectivity index (χ1) is 13.7. The van der Waals surface area contributed by atoms with E-state index >= 15 is 0 Å². The van der Waals surface area contributed by atoms with Gasteiger partial charge < -0.3 is 18.7 Å².